The summed E-state index contributed by atoms with van der Waals surface area (Å²) >= 11 is 3.98. The Bertz CT molecular complexity index is 562. The Labute approximate surface area is 118 Å². The van der Waals surface area contributed by atoms with Gasteiger partial charge in [-0.15, -0.1) is 22.8 Å². The molecular formula is C14H18N2O2S. The zero-order valence-electron chi connectivity index (χ0n) is 11.5. The van der Waals surface area contributed by atoms with Crippen LogP contribution in [-0.4, -0.2) is 15.3 Å². The summed E-state index contributed by atoms with van der Waals surface area (Å²) in [7, 11) is 0. The molecule has 4 nitrogen and oxygen atoms in total. The summed E-state index contributed by atoms with van der Waals surface area (Å²) < 4.78 is 5.41. The van der Waals surface area contributed by atoms with Crippen LogP contribution in [0.15, 0.2) is 28.7 Å². The van der Waals surface area contributed by atoms with E-state index in [4.69, 9.17) is 4.42 Å². The van der Waals surface area contributed by atoms with Crippen molar-refractivity contribution in [3.8, 4) is 11.5 Å². The molecule has 0 saturated heterocycles. The average molecular weight is 278 g/mol. The zero-order valence-corrected chi connectivity index (χ0v) is 12.4. The Balaban J connectivity index is 2.31. The Kier molecular flexibility index (Phi) is 3.45. The summed E-state index contributed by atoms with van der Waals surface area (Å²) in [4.78, 5) is -1.42. The Morgan fingerprint density at radius 3 is 2.05 bits per heavy atom. The molecule has 1 aromatic carbocycles. The molecule has 0 bridgehead atoms. The third-order valence-electron chi connectivity index (χ3n) is 2.83. The zero-order chi connectivity index (χ0) is 14.3. The number of aliphatic hydroxyl groups is 1. The second-order valence-electron chi connectivity index (χ2n) is 5.76. The molecule has 0 saturated carbocycles. The van der Waals surface area contributed by atoms with Gasteiger partial charge >= 0.3 is 0 Å². The highest BCUT2D eigenvalue weighted by atomic mass is 32.1. The second-order valence-corrected chi connectivity index (χ2v) is 6.63. The van der Waals surface area contributed by atoms with Crippen LogP contribution in [-0.2, 0) is 10.3 Å². The predicted molar refractivity (Wildman–Crippen MR) is 77.0 cm³/mol. The summed E-state index contributed by atoms with van der Waals surface area (Å²) in [6, 6.07) is 7.95. The third kappa shape index (κ3) is 3.16. The molecule has 5 heteroatoms. The number of nitrogens with zero attached hydrogens (tertiary/aromatic N) is 2. The fourth-order valence-electron chi connectivity index (χ4n) is 1.64. The van der Waals surface area contributed by atoms with E-state index in [-0.39, 0.29) is 11.3 Å². The topological polar surface area (TPSA) is 59.2 Å². The van der Waals surface area contributed by atoms with Crippen LogP contribution in [0.1, 0.15) is 39.1 Å². The van der Waals surface area contributed by atoms with Crippen LogP contribution in [0.4, 0.5) is 0 Å². The van der Waals surface area contributed by atoms with E-state index in [2.05, 4.69) is 43.6 Å². The van der Waals surface area contributed by atoms with Gasteiger partial charge in [-0.05, 0) is 30.0 Å². The van der Waals surface area contributed by atoms with Crippen molar-refractivity contribution < 1.29 is 9.52 Å². The predicted octanol–water partition coefficient (Wildman–Crippen LogP) is 3.13. The van der Waals surface area contributed by atoms with Gasteiger partial charge in [0.25, 0.3) is 5.89 Å². The minimum Gasteiger partial charge on any atom is -0.417 e. The van der Waals surface area contributed by atoms with Crippen LogP contribution in [0, 0.1) is 0 Å². The molecule has 0 aliphatic heterocycles. The quantitative estimate of drug-likeness (QED) is 0.654. The van der Waals surface area contributed by atoms with Gasteiger partial charge in [-0.3, -0.25) is 0 Å². The van der Waals surface area contributed by atoms with Gasteiger partial charge in [0.2, 0.25) is 5.89 Å². The molecule has 1 atom stereocenters. The van der Waals surface area contributed by atoms with Gasteiger partial charge < -0.3 is 9.52 Å². The number of thiol groups is 1. The molecule has 0 amide bonds. The van der Waals surface area contributed by atoms with Gasteiger partial charge in [-0.1, -0.05) is 32.9 Å². The lowest BCUT2D eigenvalue weighted by atomic mass is 9.87. The van der Waals surface area contributed by atoms with Crippen molar-refractivity contribution in [3.63, 3.8) is 0 Å². The van der Waals surface area contributed by atoms with Crippen LogP contribution in [0.5, 0.6) is 0 Å². The molecule has 2 aromatic rings. The lowest BCUT2D eigenvalue weighted by Gasteiger charge is -2.18. The summed E-state index contributed by atoms with van der Waals surface area (Å²) in [6.45, 7) is 7.96. The van der Waals surface area contributed by atoms with Crippen molar-refractivity contribution in [2.75, 3.05) is 0 Å². The van der Waals surface area contributed by atoms with Crippen molar-refractivity contribution in [1.29, 1.82) is 0 Å². The van der Waals surface area contributed by atoms with Crippen LogP contribution < -0.4 is 0 Å². The molecule has 1 N–H and O–H groups in total. The van der Waals surface area contributed by atoms with E-state index in [0.29, 0.717) is 5.89 Å². The summed E-state index contributed by atoms with van der Waals surface area (Å²) in [5.41, 5.74) is 2.16. The first-order chi connectivity index (χ1) is 8.68. The largest absolute Gasteiger partial charge is 0.417 e. The number of rotatable bonds is 2. The first-order valence-corrected chi connectivity index (χ1v) is 6.52. The molecule has 1 heterocycles. The SMILES string of the molecule is CC(C)(C)c1ccc(-c2nnc(C(C)(O)S)o2)cc1. The number of hydrogen-bond acceptors (Lipinski definition) is 5. The molecule has 0 fully saturated rings. The van der Waals surface area contributed by atoms with Gasteiger partial charge in [0.1, 0.15) is 0 Å². The Morgan fingerprint density at radius 1 is 1.05 bits per heavy atom. The molecule has 0 radical (unpaired) electrons. The van der Waals surface area contributed by atoms with Crippen molar-refractivity contribution in [1.82, 2.24) is 10.2 Å². The van der Waals surface area contributed by atoms with E-state index < -0.39 is 4.93 Å². The average Bonchev–Trinajstić information content (AvgIpc) is 2.77. The lowest BCUT2D eigenvalue weighted by Crippen LogP contribution is -2.12. The fourth-order valence-corrected chi connectivity index (χ4v) is 1.73. The van der Waals surface area contributed by atoms with Crippen molar-refractivity contribution in [2.45, 2.75) is 38.0 Å². The maximum Gasteiger partial charge on any atom is 0.258 e. The van der Waals surface area contributed by atoms with E-state index in [9.17, 15) is 5.11 Å². The molecule has 0 aliphatic rings. The monoisotopic (exact) mass is 278 g/mol. The smallest absolute Gasteiger partial charge is 0.258 e. The Morgan fingerprint density at radius 2 is 1.63 bits per heavy atom. The molecule has 1 aromatic heterocycles. The van der Waals surface area contributed by atoms with Crippen LogP contribution in [0.3, 0.4) is 0 Å². The summed E-state index contributed by atoms with van der Waals surface area (Å²) in [5.74, 6) is 0.468. The maximum absolute atomic E-state index is 9.67. The van der Waals surface area contributed by atoms with Gasteiger partial charge in [0.05, 0.1) is 0 Å². The normalized spacial score (nSPS) is 15.3. The molecule has 19 heavy (non-hydrogen) atoms. The molecule has 1 unspecified atom stereocenters. The summed E-state index contributed by atoms with van der Waals surface area (Å²) in [5, 5.41) is 17.4. The standard InChI is InChI=1S/C14H18N2O2S/c1-13(2,3)10-7-5-9(6-8-10)11-15-16-12(18-11)14(4,17)19/h5-8,17,19H,1-4H3. The summed E-state index contributed by atoms with van der Waals surface area (Å²) in [6.07, 6.45) is 0. The van der Waals surface area contributed by atoms with Gasteiger partial charge in [-0.25, -0.2) is 0 Å². The number of hydrogen-bond donors (Lipinski definition) is 2. The highest BCUT2D eigenvalue weighted by molar-refractivity contribution is 7.81. The second kappa shape index (κ2) is 4.65. The minimum atomic E-state index is -1.42. The lowest BCUT2D eigenvalue weighted by molar-refractivity contribution is 0.128. The third-order valence-corrected chi connectivity index (χ3v) is 3.02. The maximum atomic E-state index is 9.67. The highest BCUT2D eigenvalue weighted by Gasteiger charge is 2.25. The first kappa shape index (κ1) is 14.1. The van der Waals surface area contributed by atoms with Crippen LogP contribution in [0.2, 0.25) is 0 Å². The molecule has 2 rings (SSSR count). The first-order valence-electron chi connectivity index (χ1n) is 6.07. The van der Waals surface area contributed by atoms with E-state index in [1.165, 1.54) is 12.5 Å². The van der Waals surface area contributed by atoms with Crippen LogP contribution >= 0.6 is 12.6 Å². The van der Waals surface area contributed by atoms with Crippen molar-refractivity contribution >= 4 is 12.6 Å². The van der Waals surface area contributed by atoms with Gasteiger partial charge in [-0.2, -0.15) is 0 Å². The molecule has 0 aliphatic carbocycles. The van der Waals surface area contributed by atoms with Crippen molar-refractivity contribution in [2.24, 2.45) is 0 Å². The van der Waals surface area contributed by atoms with E-state index in [1.54, 1.807) is 0 Å². The van der Waals surface area contributed by atoms with Crippen LogP contribution in [0.25, 0.3) is 11.5 Å². The molecule has 0 spiro atoms. The van der Waals surface area contributed by atoms with Gasteiger partial charge in [0, 0.05) is 5.56 Å². The minimum absolute atomic E-state index is 0.0886. The van der Waals surface area contributed by atoms with Gasteiger partial charge in [0.15, 0.2) is 4.93 Å². The van der Waals surface area contributed by atoms with E-state index >= 15 is 0 Å². The number of aromatic nitrogens is 2. The number of benzene rings is 1. The van der Waals surface area contributed by atoms with E-state index in [0.717, 1.165) is 5.56 Å². The fraction of sp³-hybridized carbons (Fsp3) is 0.429. The van der Waals surface area contributed by atoms with Crippen molar-refractivity contribution in [3.05, 3.63) is 35.7 Å². The molecular weight excluding hydrogens is 260 g/mol. The highest BCUT2D eigenvalue weighted by Crippen LogP contribution is 2.28. The van der Waals surface area contributed by atoms with E-state index in [1.807, 2.05) is 24.3 Å². The molecule has 102 valence electrons. The Hall–Kier alpha value is -1.33.